The Morgan fingerprint density at radius 1 is 1.20 bits per heavy atom. The second-order valence-corrected chi connectivity index (χ2v) is 5.22. The van der Waals surface area contributed by atoms with Gasteiger partial charge in [-0.05, 0) is 23.6 Å². The second-order valence-electron chi connectivity index (χ2n) is 4.24. The van der Waals surface area contributed by atoms with Crippen molar-refractivity contribution in [3.05, 3.63) is 46.7 Å². The Morgan fingerprint density at radius 3 is 2.70 bits per heavy atom. The van der Waals surface area contributed by atoms with Gasteiger partial charge in [-0.2, -0.15) is 0 Å². The molecule has 102 valence electrons. The Balaban J connectivity index is 1.99. The van der Waals surface area contributed by atoms with Gasteiger partial charge in [0.15, 0.2) is 0 Å². The fourth-order valence-electron chi connectivity index (χ4n) is 2.17. The van der Waals surface area contributed by atoms with Gasteiger partial charge in [-0.25, -0.2) is 9.69 Å². The fraction of sp³-hybridized carbons (Fsp3) is 0.143. The molecule has 0 aliphatic carbocycles. The van der Waals surface area contributed by atoms with Gasteiger partial charge in [0, 0.05) is 4.88 Å². The normalized spacial score (nSPS) is 18.2. The van der Waals surface area contributed by atoms with E-state index < -0.39 is 12.1 Å². The molecule has 1 fully saturated rings. The number of hydrogen-bond donors (Lipinski definition) is 1. The van der Waals surface area contributed by atoms with Crippen molar-refractivity contribution in [1.29, 1.82) is 0 Å². The summed E-state index contributed by atoms with van der Waals surface area (Å²) in [5, 5.41) is 4.57. The van der Waals surface area contributed by atoms with Crippen molar-refractivity contribution in [3.8, 4) is 5.75 Å². The van der Waals surface area contributed by atoms with Crippen molar-refractivity contribution in [2.75, 3.05) is 12.0 Å². The zero-order valence-corrected chi connectivity index (χ0v) is 11.5. The number of carbonyl (C=O) groups is 2. The molecule has 3 amide bonds. The predicted molar refractivity (Wildman–Crippen MR) is 76.1 cm³/mol. The van der Waals surface area contributed by atoms with E-state index in [0.717, 1.165) is 9.78 Å². The van der Waals surface area contributed by atoms with E-state index in [2.05, 4.69) is 5.32 Å². The second kappa shape index (κ2) is 4.97. The highest BCUT2D eigenvalue weighted by Crippen LogP contribution is 2.34. The number of methoxy groups -OCH3 is 1. The van der Waals surface area contributed by atoms with Crippen LogP contribution in [-0.2, 0) is 4.79 Å². The molecule has 1 atom stereocenters. The minimum absolute atomic E-state index is 0.290. The number of imide groups is 1. The molecule has 2 aromatic rings. The molecule has 1 N–H and O–H groups in total. The molecule has 1 aliphatic rings. The molecule has 0 saturated carbocycles. The smallest absolute Gasteiger partial charge is 0.329 e. The maximum atomic E-state index is 12.5. The van der Waals surface area contributed by atoms with Gasteiger partial charge in [-0.1, -0.05) is 18.2 Å². The Kier molecular flexibility index (Phi) is 3.15. The maximum Gasteiger partial charge on any atom is 0.329 e. The highest BCUT2D eigenvalue weighted by atomic mass is 32.1. The molecule has 1 aromatic heterocycles. The van der Waals surface area contributed by atoms with E-state index in [1.54, 1.807) is 24.3 Å². The van der Waals surface area contributed by atoms with Crippen LogP contribution in [0, 0.1) is 0 Å². The third-order valence-electron chi connectivity index (χ3n) is 3.09. The van der Waals surface area contributed by atoms with Gasteiger partial charge in [0.05, 0.1) is 12.8 Å². The number of nitrogens with one attached hydrogen (secondary N) is 1. The maximum absolute atomic E-state index is 12.5. The number of anilines is 1. The molecule has 2 heterocycles. The van der Waals surface area contributed by atoms with Crippen molar-refractivity contribution < 1.29 is 14.3 Å². The number of amides is 3. The van der Waals surface area contributed by atoms with E-state index >= 15 is 0 Å². The van der Waals surface area contributed by atoms with E-state index in [1.807, 2.05) is 17.5 Å². The molecule has 1 unspecified atom stereocenters. The first-order valence-corrected chi connectivity index (χ1v) is 6.91. The number of thiophene rings is 1. The molecular formula is C14H12N2O3S. The van der Waals surface area contributed by atoms with Crippen LogP contribution in [0.1, 0.15) is 10.9 Å². The summed E-state index contributed by atoms with van der Waals surface area (Å²) in [6.45, 7) is 0. The van der Waals surface area contributed by atoms with Crippen molar-refractivity contribution in [2.45, 2.75) is 6.04 Å². The zero-order valence-electron chi connectivity index (χ0n) is 10.7. The van der Waals surface area contributed by atoms with Gasteiger partial charge in [0.2, 0.25) is 0 Å². The molecule has 0 bridgehead atoms. The van der Waals surface area contributed by atoms with Gasteiger partial charge in [0.25, 0.3) is 5.91 Å². The van der Waals surface area contributed by atoms with Crippen LogP contribution in [0.3, 0.4) is 0 Å². The largest absolute Gasteiger partial charge is 0.495 e. The first-order chi connectivity index (χ1) is 9.72. The average Bonchev–Trinajstić information content (AvgIpc) is 3.07. The summed E-state index contributed by atoms with van der Waals surface area (Å²) in [6.07, 6.45) is 0. The number of nitrogens with zero attached hydrogens (tertiary/aromatic N) is 1. The highest BCUT2D eigenvalue weighted by molar-refractivity contribution is 7.10. The number of urea groups is 1. The molecule has 0 radical (unpaired) electrons. The van der Waals surface area contributed by atoms with E-state index in [4.69, 9.17) is 4.74 Å². The van der Waals surface area contributed by atoms with E-state index in [-0.39, 0.29) is 5.91 Å². The quantitative estimate of drug-likeness (QED) is 0.883. The third-order valence-corrected chi connectivity index (χ3v) is 4.03. The first kappa shape index (κ1) is 12.7. The lowest BCUT2D eigenvalue weighted by Crippen LogP contribution is -2.31. The molecule has 1 saturated heterocycles. The number of rotatable bonds is 3. The van der Waals surface area contributed by atoms with Crippen molar-refractivity contribution in [3.63, 3.8) is 0 Å². The summed E-state index contributed by atoms with van der Waals surface area (Å²) in [7, 11) is 1.51. The van der Waals surface area contributed by atoms with Gasteiger partial charge in [-0.3, -0.25) is 4.79 Å². The summed E-state index contributed by atoms with van der Waals surface area (Å²) in [5.74, 6) is 0.199. The van der Waals surface area contributed by atoms with Crippen molar-refractivity contribution in [2.24, 2.45) is 0 Å². The molecule has 0 spiro atoms. The molecule has 3 rings (SSSR count). The van der Waals surface area contributed by atoms with Crippen LogP contribution < -0.4 is 15.0 Å². The molecule has 20 heavy (non-hydrogen) atoms. The number of para-hydroxylation sites is 2. The minimum Gasteiger partial charge on any atom is -0.495 e. The van der Waals surface area contributed by atoms with Gasteiger partial charge in [-0.15, -0.1) is 11.3 Å². The molecule has 1 aromatic carbocycles. The van der Waals surface area contributed by atoms with E-state index in [9.17, 15) is 9.59 Å². The number of hydrogen-bond acceptors (Lipinski definition) is 4. The summed E-state index contributed by atoms with van der Waals surface area (Å²) >= 11 is 1.44. The lowest BCUT2D eigenvalue weighted by atomic mass is 10.2. The van der Waals surface area contributed by atoms with E-state index in [0.29, 0.717) is 11.4 Å². The summed E-state index contributed by atoms with van der Waals surface area (Å²) in [5.41, 5.74) is 0.455. The van der Waals surface area contributed by atoms with Gasteiger partial charge < -0.3 is 10.1 Å². The van der Waals surface area contributed by atoms with Gasteiger partial charge >= 0.3 is 6.03 Å². The van der Waals surface area contributed by atoms with Crippen molar-refractivity contribution in [1.82, 2.24) is 5.32 Å². The Bertz CT molecular complexity index is 654. The summed E-state index contributed by atoms with van der Waals surface area (Å²) in [4.78, 5) is 26.5. The van der Waals surface area contributed by atoms with Crippen LogP contribution in [-0.4, -0.2) is 19.0 Å². The number of carbonyl (C=O) groups excluding carboxylic acids is 2. The van der Waals surface area contributed by atoms with Crippen LogP contribution >= 0.6 is 11.3 Å². The molecular weight excluding hydrogens is 276 g/mol. The van der Waals surface area contributed by atoms with Crippen molar-refractivity contribution >= 4 is 29.0 Å². The van der Waals surface area contributed by atoms with Crippen LogP contribution in [0.25, 0.3) is 0 Å². The van der Waals surface area contributed by atoms with Crippen LogP contribution in [0.4, 0.5) is 10.5 Å². The predicted octanol–water partition coefficient (Wildman–Crippen LogP) is 2.55. The molecule has 6 heteroatoms. The van der Waals surface area contributed by atoms with Crippen LogP contribution in [0.2, 0.25) is 0 Å². The Hall–Kier alpha value is -2.34. The lowest BCUT2D eigenvalue weighted by molar-refractivity contribution is -0.118. The Morgan fingerprint density at radius 2 is 2.00 bits per heavy atom. The summed E-state index contributed by atoms with van der Waals surface area (Å²) < 4.78 is 5.21. The summed E-state index contributed by atoms with van der Waals surface area (Å²) in [6, 6.07) is 9.59. The standard InChI is InChI=1S/C14H12N2O3S/c1-19-10-6-3-2-5-9(10)16-13(17)12(15-14(16)18)11-7-4-8-20-11/h2-8,12H,1H3,(H,15,18). The third kappa shape index (κ3) is 1.94. The number of ether oxygens (including phenoxy) is 1. The highest BCUT2D eigenvalue weighted by Gasteiger charge is 2.41. The Labute approximate surface area is 119 Å². The average molecular weight is 288 g/mol. The molecule has 1 aliphatic heterocycles. The van der Waals surface area contributed by atoms with Crippen LogP contribution in [0.15, 0.2) is 41.8 Å². The minimum atomic E-state index is -0.618. The lowest BCUT2D eigenvalue weighted by Gasteiger charge is -2.16. The van der Waals surface area contributed by atoms with E-state index in [1.165, 1.54) is 18.4 Å². The number of benzene rings is 1. The first-order valence-electron chi connectivity index (χ1n) is 6.03. The van der Waals surface area contributed by atoms with Gasteiger partial charge in [0.1, 0.15) is 11.8 Å². The zero-order chi connectivity index (χ0) is 14.1. The monoisotopic (exact) mass is 288 g/mol. The topological polar surface area (TPSA) is 58.6 Å². The SMILES string of the molecule is COc1ccccc1N1C(=O)NC(c2cccs2)C1=O. The fourth-order valence-corrected chi connectivity index (χ4v) is 2.94. The molecule has 5 nitrogen and oxygen atoms in total. The van der Waals surface area contributed by atoms with Crippen LogP contribution in [0.5, 0.6) is 5.75 Å².